The summed E-state index contributed by atoms with van der Waals surface area (Å²) in [6.45, 7) is 2.44. The van der Waals surface area contributed by atoms with Crippen molar-refractivity contribution in [1.29, 1.82) is 0 Å². The number of carbonyl (C=O) groups is 1. The Morgan fingerprint density at radius 2 is 1.82 bits per heavy atom. The lowest BCUT2D eigenvalue weighted by Gasteiger charge is -2.32. The number of aliphatic hydroxyl groups excluding tert-OH is 1. The zero-order chi connectivity index (χ0) is 35.4. The molecule has 268 valence electrons. The van der Waals surface area contributed by atoms with Crippen LogP contribution in [0.4, 0.5) is 0 Å². The number of aryl methyl sites for hydroxylation is 1. The van der Waals surface area contributed by atoms with Gasteiger partial charge in [0.15, 0.2) is 0 Å². The second-order valence-electron chi connectivity index (χ2n) is 12.9. The summed E-state index contributed by atoms with van der Waals surface area (Å²) < 4.78 is 8.38. The number of aromatic amines is 1. The molecule has 0 spiro atoms. The number of nitrogens with zero attached hydrogens (tertiary/aromatic N) is 3. The number of benzene rings is 2. The quantitative estimate of drug-likeness (QED) is 0.0609. The van der Waals surface area contributed by atoms with E-state index in [1.54, 1.807) is 18.2 Å². The van der Waals surface area contributed by atoms with Gasteiger partial charge in [-0.25, -0.2) is 9.48 Å². The Morgan fingerprint density at radius 1 is 1.06 bits per heavy atom. The van der Waals surface area contributed by atoms with Crippen molar-refractivity contribution in [3.63, 3.8) is 0 Å². The fourth-order valence-electron chi connectivity index (χ4n) is 6.66. The highest BCUT2D eigenvalue weighted by Crippen LogP contribution is 2.38. The minimum atomic E-state index is -1.77. The zero-order valence-corrected chi connectivity index (χ0v) is 30.2. The van der Waals surface area contributed by atoms with Gasteiger partial charge in [-0.1, -0.05) is 40.8 Å². The smallest absolute Gasteiger partial charge is 0.349 e. The van der Waals surface area contributed by atoms with E-state index >= 15 is 0 Å². The third-order valence-corrected chi connectivity index (χ3v) is 12.3. The standard InChI is InChI=1S/C36H40N6O6S3/c43-28-14-12-25(33-32(28)39-35(46)51-33)29(44)21-37-20-22-7-13-27-26(19-22)40-41-42(27)16-2-1-15-38-23-8-10-24(11-9-23)48-34(45)36(47,30-5-3-17-49-30)31-6-4-18-50-31/h3-7,12-14,17-19,23-24,29,37-38,43-44,47H,1-2,8-11,15-16,20-21H2,(H,39,46)/t23-,24-,29-/m0/s1. The molecule has 51 heavy (non-hydrogen) atoms. The van der Waals surface area contributed by atoms with Crippen molar-refractivity contribution in [1.82, 2.24) is 30.6 Å². The van der Waals surface area contributed by atoms with Crippen molar-refractivity contribution in [2.75, 3.05) is 13.1 Å². The number of fused-ring (bicyclic) bond motifs is 2. The monoisotopic (exact) mass is 748 g/mol. The number of hydrogen-bond donors (Lipinski definition) is 6. The summed E-state index contributed by atoms with van der Waals surface area (Å²) >= 11 is 3.67. The average Bonchev–Trinajstić information content (AvgIpc) is 3.97. The first-order valence-electron chi connectivity index (χ1n) is 17.1. The maximum Gasteiger partial charge on any atom is 0.349 e. The van der Waals surface area contributed by atoms with Crippen LogP contribution in [0.1, 0.15) is 65.5 Å². The zero-order valence-electron chi connectivity index (χ0n) is 27.8. The Hall–Kier alpha value is -3.96. The molecule has 0 amide bonds. The van der Waals surface area contributed by atoms with Gasteiger partial charge in [-0.3, -0.25) is 4.79 Å². The largest absolute Gasteiger partial charge is 0.506 e. The minimum absolute atomic E-state index is 0.0161. The lowest BCUT2D eigenvalue weighted by molar-refractivity contribution is -0.169. The number of ether oxygens (including phenoxy) is 1. The molecule has 1 saturated carbocycles. The van der Waals surface area contributed by atoms with Gasteiger partial charge in [0.25, 0.3) is 0 Å². The van der Waals surface area contributed by atoms with Crippen molar-refractivity contribution in [2.45, 2.75) is 75.5 Å². The van der Waals surface area contributed by atoms with E-state index in [1.165, 1.54) is 28.7 Å². The van der Waals surface area contributed by atoms with Gasteiger partial charge in [-0.05, 0) is 91.7 Å². The number of phenols is 1. The highest BCUT2D eigenvalue weighted by molar-refractivity contribution is 7.16. The molecule has 1 aliphatic rings. The van der Waals surface area contributed by atoms with Crippen LogP contribution in [0.3, 0.4) is 0 Å². The van der Waals surface area contributed by atoms with Crippen LogP contribution < -0.4 is 15.5 Å². The molecule has 0 aliphatic heterocycles. The van der Waals surface area contributed by atoms with Crippen molar-refractivity contribution < 1.29 is 24.9 Å². The molecule has 1 fully saturated rings. The van der Waals surface area contributed by atoms with Gasteiger partial charge in [0.2, 0.25) is 5.60 Å². The number of phenolic OH excluding ortho intramolecular Hbond substituents is 1. The van der Waals surface area contributed by atoms with E-state index < -0.39 is 17.7 Å². The number of carbonyl (C=O) groups excluding carboxylic acids is 1. The number of aromatic hydroxyl groups is 1. The topological polar surface area (TPSA) is 175 Å². The molecule has 4 aromatic heterocycles. The molecule has 12 nitrogen and oxygen atoms in total. The predicted octanol–water partition coefficient (Wildman–Crippen LogP) is 5.15. The van der Waals surface area contributed by atoms with Gasteiger partial charge in [0.1, 0.15) is 22.9 Å². The Morgan fingerprint density at radius 3 is 2.55 bits per heavy atom. The van der Waals surface area contributed by atoms with E-state index in [2.05, 4.69) is 25.9 Å². The number of rotatable bonds is 15. The normalized spacial score (nSPS) is 17.3. The fourth-order valence-corrected chi connectivity index (χ4v) is 9.30. The highest BCUT2D eigenvalue weighted by Gasteiger charge is 2.45. The predicted molar refractivity (Wildman–Crippen MR) is 199 cm³/mol. The highest BCUT2D eigenvalue weighted by atomic mass is 32.1. The van der Waals surface area contributed by atoms with Crippen molar-refractivity contribution in [3.05, 3.63) is 95.9 Å². The van der Waals surface area contributed by atoms with Crippen LogP contribution >= 0.6 is 34.0 Å². The van der Waals surface area contributed by atoms with E-state index in [0.717, 1.165) is 79.5 Å². The summed E-state index contributed by atoms with van der Waals surface area (Å²) in [7, 11) is 0. The molecular formula is C36H40N6O6S3. The summed E-state index contributed by atoms with van der Waals surface area (Å²) in [6.07, 6.45) is 4.23. The van der Waals surface area contributed by atoms with E-state index in [1.807, 2.05) is 45.8 Å². The summed E-state index contributed by atoms with van der Waals surface area (Å²) in [5.41, 5.74) is 1.97. The third-order valence-electron chi connectivity index (χ3n) is 9.42. The molecule has 0 radical (unpaired) electrons. The Bertz CT molecular complexity index is 2080. The van der Waals surface area contributed by atoms with E-state index in [-0.39, 0.29) is 23.3 Å². The third kappa shape index (κ3) is 7.79. The molecule has 4 heterocycles. The van der Waals surface area contributed by atoms with Crippen LogP contribution in [0.2, 0.25) is 0 Å². The van der Waals surface area contributed by atoms with Gasteiger partial charge in [0.05, 0.1) is 26.1 Å². The molecule has 0 unspecified atom stereocenters. The maximum absolute atomic E-state index is 13.3. The van der Waals surface area contributed by atoms with E-state index in [0.29, 0.717) is 38.1 Å². The summed E-state index contributed by atoms with van der Waals surface area (Å²) in [5.74, 6) is -0.614. The van der Waals surface area contributed by atoms with Gasteiger partial charge in [-0.2, -0.15) is 0 Å². The first-order chi connectivity index (χ1) is 24.8. The number of unbranched alkanes of at least 4 members (excludes halogenated alkanes) is 1. The molecule has 1 atom stereocenters. The second kappa shape index (κ2) is 15.7. The number of H-pyrrole nitrogens is 1. The molecule has 0 bridgehead atoms. The number of thiazole rings is 1. The number of nitrogens with one attached hydrogen (secondary N) is 3. The lowest BCUT2D eigenvalue weighted by atomic mass is 9.92. The number of aliphatic hydroxyl groups is 2. The Labute approximate surface area is 305 Å². The average molecular weight is 749 g/mol. The van der Waals surface area contributed by atoms with Crippen molar-refractivity contribution >= 4 is 61.2 Å². The van der Waals surface area contributed by atoms with Gasteiger partial charge < -0.3 is 35.7 Å². The molecule has 15 heteroatoms. The van der Waals surface area contributed by atoms with Crippen LogP contribution in [-0.2, 0) is 28.2 Å². The minimum Gasteiger partial charge on any atom is -0.506 e. The molecular weight excluding hydrogens is 709 g/mol. The van der Waals surface area contributed by atoms with Crippen LogP contribution in [0, 0.1) is 0 Å². The number of aromatic nitrogens is 4. The molecule has 1 aliphatic carbocycles. The lowest BCUT2D eigenvalue weighted by Crippen LogP contribution is -2.41. The number of thiophene rings is 2. The first-order valence-corrected chi connectivity index (χ1v) is 19.7. The van der Waals surface area contributed by atoms with Crippen LogP contribution in [0.15, 0.2) is 70.2 Å². The summed E-state index contributed by atoms with van der Waals surface area (Å²) in [4.78, 5) is 28.6. The van der Waals surface area contributed by atoms with Crippen molar-refractivity contribution in [3.8, 4) is 5.75 Å². The van der Waals surface area contributed by atoms with Gasteiger partial charge >= 0.3 is 10.8 Å². The summed E-state index contributed by atoms with van der Waals surface area (Å²) in [6, 6.07) is 16.8. The van der Waals surface area contributed by atoms with E-state index in [9.17, 15) is 24.9 Å². The number of esters is 1. The molecule has 7 rings (SSSR count). The Kier molecular flexibility index (Phi) is 10.9. The number of hydrogen-bond acceptors (Lipinski definition) is 13. The maximum atomic E-state index is 13.3. The van der Waals surface area contributed by atoms with Crippen LogP contribution in [0.25, 0.3) is 21.3 Å². The van der Waals surface area contributed by atoms with Crippen LogP contribution in [0.5, 0.6) is 5.75 Å². The first kappa shape index (κ1) is 35.4. The Balaban J connectivity index is 0.818. The molecule has 6 aromatic rings. The van der Waals surface area contributed by atoms with E-state index in [4.69, 9.17) is 4.74 Å². The summed E-state index contributed by atoms with van der Waals surface area (Å²) in [5, 5.41) is 51.7. The van der Waals surface area contributed by atoms with Crippen LogP contribution in [-0.4, -0.2) is 66.5 Å². The van der Waals surface area contributed by atoms with Gasteiger partial charge in [0, 0.05) is 31.2 Å². The fraction of sp³-hybridized carbons (Fsp3) is 0.389. The molecule has 0 saturated heterocycles. The second-order valence-corrected chi connectivity index (χ2v) is 15.8. The molecule has 2 aromatic carbocycles. The molecule has 6 N–H and O–H groups in total. The van der Waals surface area contributed by atoms with Crippen molar-refractivity contribution in [2.24, 2.45) is 0 Å². The van der Waals surface area contributed by atoms with Gasteiger partial charge in [-0.15, -0.1) is 27.8 Å². The SMILES string of the molecule is O=C(O[C@H]1CC[C@H](NCCCCn2nnc3cc(CNC[C@H](O)c4ccc(O)c5[nH]c(=O)sc45)ccc32)CC1)C(O)(c1cccs1)c1cccs1.